The van der Waals surface area contributed by atoms with Crippen molar-refractivity contribution in [1.82, 2.24) is 0 Å². The first-order valence-electron chi connectivity index (χ1n) is 6.49. The van der Waals surface area contributed by atoms with Gasteiger partial charge in [0, 0.05) is 11.0 Å². The highest BCUT2D eigenvalue weighted by Crippen LogP contribution is 2.30. The second-order valence-electron chi connectivity index (χ2n) is 5.01. The highest BCUT2D eigenvalue weighted by atomic mass is 32.2. The fourth-order valence-corrected chi connectivity index (χ4v) is 3.22. The lowest BCUT2D eigenvalue weighted by molar-refractivity contribution is 0.0942. The Balaban J connectivity index is 2.70. The van der Waals surface area contributed by atoms with Gasteiger partial charge in [0.15, 0.2) is 0 Å². The van der Waals surface area contributed by atoms with Crippen molar-refractivity contribution in [2.24, 2.45) is 11.0 Å². The van der Waals surface area contributed by atoms with Gasteiger partial charge in [0.1, 0.15) is 6.10 Å². The van der Waals surface area contributed by atoms with Crippen LogP contribution in [0.1, 0.15) is 38.5 Å². The molecule has 0 radical (unpaired) electrons. The van der Waals surface area contributed by atoms with Gasteiger partial charge in [-0.1, -0.05) is 24.4 Å². The van der Waals surface area contributed by atoms with E-state index in [1.807, 2.05) is 0 Å². The highest BCUT2D eigenvalue weighted by Gasteiger charge is 2.27. The molecule has 110 valence electrons. The maximum atomic E-state index is 11.1. The average Bonchev–Trinajstić information content (AvgIpc) is 2.53. The Labute approximate surface area is 113 Å². The zero-order valence-corrected chi connectivity index (χ0v) is 11.9. The van der Waals surface area contributed by atoms with Gasteiger partial charge >= 0.3 is 0 Å². The smallest absolute Gasteiger partial charge is 0.264 e. The molecule has 0 aromatic rings. The zero-order chi connectivity index (χ0) is 14.3. The molecule has 0 heterocycles. The monoisotopic (exact) mass is 291 g/mol. The predicted molar refractivity (Wildman–Crippen MR) is 70.9 cm³/mol. The lowest BCUT2D eigenvalue weighted by Gasteiger charge is -2.24. The molecular weight excluding hydrogens is 270 g/mol. The van der Waals surface area contributed by atoms with E-state index in [4.69, 9.17) is 9.71 Å². The summed E-state index contributed by atoms with van der Waals surface area (Å²) in [5.74, 6) is 0.0669. The summed E-state index contributed by atoms with van der Waals surface area (Å²) >= 11 is 0. The van der Waals surface area contributed by atoms with E-state index in [0.29, 0.717) is 6.42 Å². The summed E-state index contributed by atoms with van der Waals surface area (Å²) in [4.78, 5) is 2.86. The van der Waals surface area contributed by atoms with Crippen molar-refractivity contribution >= 4 is 10.1 Å². The average molecular weight is 291 g/mol. The molecule has 1 N–H and O–H groups in total. The number of hydrogen-bond donors (Lipinski definition) is 1. The third kappa shape index (κ3) is 6.24. The summed E-state index contributed by atoms with van der Waals surface area (Å²) in [6.45, 7) is -0.355. The van der Waals surface area contributed by atoms with Crippen molar-refractivity contribution in [3.05, 3.63) is 10.4 Å². The van der Waals surface area contributed by atoms with Crippen molar-refractivity contribution in [3.8, 4) is 0 Å². The number of aliphatic hydroxyl groups excluding tert-OH is 1. The second-order valence-corrected chi connectivity index (χ2v) is 6.61. The molecule has 0 aromatic heterocycles. The lowest BCUT2D eigenvalue weighted by Crippen LogP contribution is -2.28. The van der Waals surface area contributed by atoms with E-state index in [1.165, 1.54) is 0 Å². The van der Waals surface area contributed by atoms with Crippen molar-refractivity contribution in [1.29, 1.82) is 0 Å². The van der Waals surface area contributed by atoms with Crippen LogP contribution in [0.2, 0.25) is 0 Å². The first-order valence-corrected chi connectivity index (χ1v) is 8.31. The van der Waals surface area contributed by atoms with E-state index < -0.39 is 16.2 Å². The van der Waals surface area contributed by atoms with Crippen LogP contribution in [0, 0.1) is 5.92 Å². The minimum absolute atomic E-state index is 0.0669. The summed E-state index contributed by atoms with van der Waals surface area (Å²) < 4.78 is 27.0. The topological polar surface area (TPSA) is 112 Å². The van der Waals surface area contributed by atoms with E-state index in [2.05, 4.69) is 10.0 Å². The third-order valence-electron chi connectivity index (χ3n) is 3.40. The first-order chi connectivity index (χ1) is 8.96. The van der Waals surface area contributed by atoms with Gasteiger partial charge in [-0.15, -0.1) is 0 Å². The van der Waals surface area contributed by atoms with Gasteiger partial charge in [-0.25, -0.2) is 0 Å². The van der Waals surface area contributed by atoms with Gasteiger partial charge in [-0.05, 0) is 30.7 Å². The van der Waals surface area contributed by atoms with Gasteiger partial charge in [0.05, 0.1) is 12.9 Å². The molecule has 0 bridgehead atoms. The van der Waals surface area contributed by atoms with Crippen LogP contribution in [0.5, 0.6) is 0 Å². The molecule has 8 heteroatoms. The molecule has 1 aliphatic carbocycles. The van der Waals surface area contributed by atoms with E-state index in [0.717, 1.165) is 38.4 Å². The number of azide groups is 1. The molecule has 7 nitrogen and oxygen atoms in total. The molecule has 0 saturated heterocycles. The van der Waals surface area contributed by atoms with Crippen LogP contribution in [-0.2, 0) is 14.3 Å². The number of nitrogens with zero attached hydrogens (tertiary/aromatic N) is 3. The Morgan fingerprint density at radius 1 is 1.42 bits per heavy atom. The van der Waals surface area contributed by atoms with Gasteiger partial charge in [0.25, 0.3) is 10.1 Å². The number of hydrogen-bond acceptors (Lipinski definition) is 5. The van der Waals surface area contributed by atoms with Crippen LogP contribution in [0.4, 0.5) is 0 Å². The molecule has 0 aliphatic heterocycles. The Hall–Kier alpha value is -0.820. The Morgan fingerprint density at radius 3 is 2.68 bits per heavy atom. The van der Waals surface area contributed by atoms with Crippen LogP contribution in [0.3, 0.4) is 0 Å². The minimum Gasteiger partial charge on any atom is -0.394 e. The molecule has 1 fully saturated rings. The van der Waals surface area contributed by atoms with Crippen molar-refractivity contribution < 1.29 is 17.7 Å². The van der Waals surface area contributed by atoms with Gasteiger partial charge in [-0.3, -0.25) is 4.18 Å². The van der Waals surface area contributed by atoms with E-state index in [9.17, 15) is 13.5 Å². The van der Waals surface area contributed by atoms with E-state index in [1.54, 1.807) is 0 Å². The quantitative estimate of drug-likeness (QED) is 0.265. The van der Waals surface area contributed by atoms with Crippen molar-refractivity contribution in [3.63, 3.8) is 0 Å². The summed E-state index contributed by atoms with van der Waals surface area (Å²) in [7, 11) is -3.59. The number of aliphatic hydroxyl groups is 1. The van der Waals surface area contributed by atoms with E-state index in [-0.39, 0.29) is 18.6 Å². The van der Waals surface area contributed by atoms with Crippen molar-refractivity contribution in [2.45, 2.75) is 50.7 Å². The molecule has 0 spiro atoms. The standard InChI is InChI=1S/C11H21N3O4S/c1-19(16,17)18-10(8-15)7-9-5-3-2-4-6-11(9)13-14-12/h9-11,15H,2-8H2,1H3/t9-,10?,11+/m0/s1. The lowest BCUT2D eigenvalue weighted by atomic mass is 9.90. The molecule has 1 rings (SSSR count). The fourth-order valence-electron chi connectivity index (χ4n) is 2.59. The summed E-state index contributed by atoms with van der Waals surface area (Å²) in [5.41, 5.74) is 8.59. The molecule has 0 aromatic carbocycles. The summed E-state index contributed by atoms with van der Waals surface area (Å²) in [6.07, 6.45) is 5.41. The minimum atomic E-state index is -3.59. The summed E-state index contributed by atoms with van der Waals surface area (Å²) in [6, 6.07) is -0.135. The zero-order valence-electron chi connectivity index (χ0n) is 11.1. The second kappa shape index (κ2) is 7.69. The molecular formula is C11H21N3O4S. The van der Waals surface area contributed by atoms with Crippen LogP contribution in [-0.4, -0.2) is 38.5 Å². The largest absolute Gasteiger partial charge is 0.394 e. The maximum Gasteiger partial charge on any atom is 0.264 e. The predicted octanol–water partition coefficient (Wildman–Crippen LogP) is 1.97. The van der Waals surface area contributed by atoms with Crippen LogP contribution in [0.25, 0.3) is 10.4 Å². The van der Waals surface area contributed by atoms with Gasteiger partial charge in [0.2, 0.25) is 0 Å². The third-order valence-corrected chi connectivity index (χ3v) is 4.02. The van der Waals surface area contributed by atoms with Crippen LogP contribution < -0.4 is 0 Å². The summed E-state index contributed by atoms with van der Waals surface area (Å²) in [5, 5.41) is 13.0. The Kier molecular flexibility index (Phi) is 6.57. The van der Waals surface area contributed by atoms with Gasteiger partial charge < -0.3 is 5.11 Å². The fraction of sp³-hybridized carbons (Fsp3) is 1.00. The van der Waals surface area contributed by atoms with Crippen LogP contribution >= 0.6 is 0 Å². The van der Waals surface area contributed by atoms with E-state index >= 15 is 0 Å². The molecule has 1 aliphatic rings. The Bertz CT molecular complexity index is 420. The van der Waals surface area contributed by atoms with Crippen molar-refractivity contribution in [2.75, 3.05) is 12.9 Å². The number of rotatable bonds is 6. The Morgan fingerprint density at radius 2 is 2.11 bits per heavy atom. The SMILES string of the molecule is CS(=O)(=O)OC(CO)C[C@@H]1CCCCC[C@H]1N=[N+]=[N-]. The molecule has 1 unspecified atom stereocenters. The first kappa shape index (κ1) is 16.2. The molecule has 3 atom stereocenters. The molecule has 0 amide bonds. The molecule has 1 saturated carbocycles. The molecule has 19 heavy (non-hydrogen) atoms. The maximum absolute atomic E-state index is 11.1. The van der Waals surface area contributed by atoms with Crippen LogP contribution in [0.15, 0.2) is 5.11 Å². The highest BCUT2D eigenvalue weighted by molar-refractivity contribution is 7.86. The normalized spacial score (nSPS) is 26.2. The van der Waals surface area contributed by atoms with Gasteiger partial charge in [-0.2, -0.15) is 8.42 Å².